The van der Waals surface area contributed by atoms with Gasteiger partial charge in [-0.25, -0.2) is 9.89 Å². The van der Waals surface area contributed by atoms with Crippen LogP contribution < -0.4 is 10.2 Å². The van der Waals surface area contributed by atoms with E-state index in [1.165, 1.54) is 4.90 Å². The van der Waals surface area contributed by atoms with Crippen molar-refractivity contribution in [2.75, 3.05) is 11.9 Å². The summed E-state index contributed by atoms with van der Waals surface area (Å²) < 4.78 is 0.580. The molecule has 35 heavy (non-hydrogen) atoms. The van der Waals surface area contributed by atoms with Crippen LogP contribution in [-0.2, 0) is 0 Å². The number of anilines is 1. The highest BCUT2D eigenvalue weighted by Crippen LogP contribution is 2.38. The highest BCUT2D eigenvalue weighted by atomic mass is 79.9. The molecule has 0 unspecified atom stereocenters. The number of hydrogen-bond donors (Lipinski definition) is 3. The summed E-state index contributed by atoms with van der Waals surface area (Å²) in [7, 11) is 1.78. The number of fused-ring (bicyclic) bond motifs is 2. The molecular weight excluding hydrogens is 508 g/mol. The van der Waals surface area contributed by atoms with Gasteiger partial charge in [-0.2, -0.15) is 0 Å². The fraction of sp³-hybridized carbons (Fsp3) is 0.115. The zero-order chi connectivity index (χ0) is 25.3. The SMILES string of the molecule is C=N/C(=C(/C)C=NC(=N)/C=C(/C)NC)c1c[nH]c2c(N3C(=O)c4cccc(Br)c4C3=O)cccc12. The molecule has 0 spiro atoms. The van der Waals surface area contributed by atoms with E-state index in [9.17, 15) is 9.59 Å². The number of hydrogen-bond acceptors (Lipinski definition) is 5. The summed E-state index contributed by atoms with van der Waals surface area (Å²) in [6.07, 6.45) is 4.94. The molecule has 0 bridgehead atoms. The van der Waals surface area contributed by atoms with Gasteiger partial charge >= 0.3 is 0 Å². The molecule has 176 valence electrons. The van der Waals surface area contributed by atoms with Gasteiger partial charge in [0, 0.05) is 46.7 Å². The molecule has 0 atom stereocenters. The van der Waals surface area contributed by atoms with E-state index in [-0.39, 0.29) is 17.6 Å². The number of aromatic nitrogens is 1. The van der Waals surface area contributed by atoms with Crippen LogP contribution in [0.5, 0.6) is 0 Å². The van der Waals surface area contributed by atoms with Crippen LogP contribution in [0.1, 0.15) is 40.1 Å². The van der Waals surface area contributed by atoms with E-state index >= 15 is 0 Å². The van der Waals surface area contributed by atoms with Crippen molar-refractivity contribution in [3.05, 3.63) is 81.1 Å². The predicted molar refractivity (Wildman–Crippen MR) is 145 cm³/mol. The lowest BCUT2D eigenvalue weighted by Gasteiger charge is -2.15. The predicted octanol–water partition coefficient (Wildman–Crippen LogP) is 5.33. The third-order valence-corrected chi connectivity index (χ3v) is 6.39. The number of rotatable bonds is 6. The molecule has 2 heterocycles. The van der Waals surface area contributed by atoms with E-state index < -0.39 is 0 Å². The average molecular weight is 531 g/mol. The van der Waals surface area contributed by atoms with Gasteiger partial charge in [-0.1, -0.05) is 18.2 Å². The number of nitrogens with zero attached hydrogens (tertiary/aromatic N) is 3. The molecular formula is C26H23BrN6O2. The molecule has 2 aromatic carbocycles. The molecule has 9 heteroatoms. The molecule has 1 aliphatic rings. The zero-order valence-corrected chi connectivity index (χ0v) is 21.0. The number of carbonyl (C=O) groups excluding carboxylic acids is 2. The fourth-order valence-electron chi connectivity index (χ4n) is 3.95. The highest BCUT2D eigenvalue weighted by molar-refractivity contribution is 9.10. The van der Waals surface area contributed by atoms with Crippen LogP contribution in [0, 0.1) is 5.41 Å². The molecule has 4 rings (SSSR count). The number of imide groups is 1. The lowest BCUT2D eigenvalue weighted by Crippen LogP contribution is -2.29. The topological polar surface area (TPSA) is 114 Å². The van der Waals surface area contributed by atoms with E-state index in [1.54, 1.807) is 55.9 Å². The molecule has 0 fully saturated rings. The third kappa shape index (κ3) is 4.26. The number of allylic oxidation sites excluding steroid dienone is 2. The highest BCUT2D eigenvalue weighted by Gasteiger charge is 2.39. The van der Waals surface area contributed by atoms with Crippen molar-refractivity contribution in [3.8, 4) is 0 Å². The number of nitrogens with one attached hydrogen (secondary N) is 3. The second-order valence-corrected chi connectivity index (χ2v) is 8.78. The first-order valence-electron chi connectivity index (χ1n) is 10.7. The van der Waals surface area contributed by atoms with Crippen molar-refractivity contribution in [3.63, 3.8) is 0 Å². The normalized spacial score (nSPS) is 14.5. The van der Waals surface area contributed by atoms with E-state index in [2.05, 4.69) is 42.9 Å². The van der Waals surface area contributed by atoms with Crippen LogP contribution in [-0.4, -0.2) is 42.6 Å². The Labute approximate surface area is 210 Å². The van der Waals surface area contributed by atoms with Gasteiger partial charge in [0.05, 0.1) is 28.0 Å². The van der Waals surface area contributed by atoms with E-state index in [1.807, 2.05) is 19.9 Å². The number of para-hydroxylation sites is 1. The van der Waals surface area contributed by atoms with Gasteiger partial charge in [-0.05, 0) is 60.3 Å². The molecule has 0 aliphatic carbocycles. The smallest absolute Gasteiger partial charge is 0.267 e. The molecule has 3 N–H and O–H groups in total. The first-order chi connectivity index (χ1) is 16.8. The minimum atomic E-state index is -0.384. The molecule has 0 saturated heterocycles. The van der Waals surface area contributed by atoms with Gasteiger partial charge in [-0.15, -0.1) is 0 Å². The molecule has 3 aromatic rings. The van der Waals surface area contributed by atoms with Gasteiger partial charge in [-0.3, -0.25) is 20.0 Å². The number of carbonyl (C=O) groups is 2. The number of aromatic amines is 1. The first-order valence-corrected chi connectivity index (χ1v) is 11.5. The molecule has 0 saturated carbocycles. The quantitative estimate of drug-likeness (QED) is 0.227. The Bertz CT molecular complexity index is 1490. The Morgan fingerprint density at radius 2 is 1.91 bits per heavy atom. The molecule has 2 amide bonds. The maximum atomic E-state index is 13.2. The van der Waals surface area contributed by atoms with Crippen molar-refractivity contribution in [2.45, 2.75) is 13.8 Å². The van der Waals surface area contributed by atoms with Crippen LogP contribution >= 0.6 is 15.9 Å². The lowest BCUT2D eigenvalue weighted by molar-refractivity contribution is 0.0926. The largest absolute Gasteiger partial charge is 0.392 e. The Morgan fingerprint density at radius 3 is 2.60 bits per heavy atom. The Kier molecular flexibility index (Phi) is 6.61. The molecule has 1 aliphatic heterocycles. The number of amidine groups is 1. The third-order valence-electron chi connectivity index (χ3n) is 5.73. The Balaban J connectivity index is 1.77. The zero-order valence-electron chi connectivity index (χ0n) is 19.4. The van der Waals surface area contributed by atoms with E-state index in [4.69, 9.17) is 5.41 Å². The van der Waals surface area contributed by atoms with Gasteiger partial charge in [0.25, 0.3) is 11.8 Å². The number of H-pyrrole nitrogens is 1. The van der Waals surface area contributed by atoms with Gasteiger partial charge in [0.1, 0.15) is 5.84 Å². The summed E-state index contributed by atoms with van der Waals surface area (Å²) in [6, 6.07) is 10.5. The Morgan fingerprint density at radius 1 is 1.17 bits per heavy atom. The fourth-order valence-corrected chi connectivity index (χ4v) is 4.48. The maximum absolute atomic E-state index is 13.2. The second kappa shape index (κ2) is 9.63. The first kappa shape index (κ1) is 24.0. The summed E-state index contributed by atoms with van der Waals surface area (Å²) in [6.45, 7) is 7.39. The van der Waals surface area contributed by atoms with Gasteiger partial charge < -0.3 is 10.3 Å². The van der Waals surface area contributed by atoms with Crippen molar-refractivity contribution in [2.24, 2.45) is 9.98 Å². The van der Waals surface area contributed by atoms with Crippen molar-refractivity contribution < 1.29 is 9.59 Å². The summed E-state index contributed by atoms with van der Waals surface area (Å²) in [5.41, 5.74) is 4.63. The number of aliphatic imine (C=N–C) groups is 2. The molecule has 8 nitrogen and oxygen atoms in total. The molecule has 0 radical (unpaired) electrons. The van der Waals surface area contributed by atoms with Crippen LogP contribution in [0.15, 0.2) is 74.4 Å². The van der Waals surface area contributed by atoms with Crippen molar-refractivity contribution in [1.29, 1.82) is 5.41 Å². The number of benzene rings is 2. The van der Waals surface area contributed by atoms with Crippen LogP contribution in [0.4, 0.5) is 5.69 Å². The summed E-state index contributed by atoms with van der Waals surface area (Å²) in [5, 5.41) is 11.7. The minimum Gasteiger partial charge on any atom is -0.392 e. The molecule has 1 aromatic heterocycles. The second-order valence-electron chi connectivity index (χ2n) is 7.92. The van der Waals surface area contributed by atoms with Crippen molar-refractivity contribution in [1.82, 2.24) is 10.3 Å². The van der Waals surface area contributed by atoms with Gasteiger partial charge in [0.15, 0.2) is 0 Å². The van der Waals surface area contributed by atoms with E-state index in [0.29, 0.717) is 38.1 Å². The Hall–Kier alpha value is -4.11. The standard InChI is InChI=1S/C26H23BrN6O2/c1-14(12-31-21(28)11-15(2)29-3)23(30-4)18-13-32-24-16(18)7-6-10-20(24)33-25(34)17-8-5-9-19(27)22(17)26(33)35/h5-13,28-29,32H,4H2,1-3H3/b15-11-,23-14-,28-21?,31-12?. The van der Waals surface area contributed by atoms with Crippen molar-refractivity contribution >= 4 is 68.8 Å². The van der Waals surface area contributed by atoms with Crippen LogP contribution in [0.25, 0.3) is 16.6 Å². The summed E-state index contributed by atoms with van der Waals surface area (Å²) >= 11 is 3.39. The number of halogens is 1. The summed E-state index contributed by atoms with van der Waals surface area (Å²) in [5.74, 6) is -0.664. The van der Waals surface area contributed by atoms with Gasteiger partial charge in [0.2, 0.25) is 0 Å². The van der Waals surface area contributed by atoms with Crippen LogP contribution in [0.3, 0.4) is 0 Å². The monoisotopic (exact) mass is 530 g/mol. The average Bonchev–Trinajstić information content (AvgIpc) is 3.38. The summed E-state index contributed by atoms with van der Waals surface area (Å²) in [4.78, 5) is 39.1. The maximum Gasteiger partial charge on any atom is 0.267 e. The van der Waals surface area contributed by atoms with E-state index in [0.717, 1.165) is 16.6 Å². The number of amides is 2. The minimum absolute atomic E-state index is 0.0950. The lowest BCUT2D eigenvalue weighted by atomic mass is 10.1. The van der Waals surface area contributed by atoms with Crippen LogP contribution in [0.2, 0.25) is 0 Å².